The van der Waals surface area contributed by atoms with Crippen LogP contribution in [0.2, 0.25) is 0 Å². The number of carboxylic acids is 1. The second-order valence-corrected chi connectivity index (χ2v) is 4.55. The maximum Gasteiger partial charge on any atom is 0.331 e. The summed E-state index contributed by atoms with van der Waals surface area (Å²) in [5.74, 6) is -1.11. The molecule has 0 aliphatic carbocycles. The third-order valence-corrected chi connectivity index (χ3v) is 2.80. The summed E-state index contributed by atoms with van der Waals surface area (Å²) < 4.78 is 1.50. The number of aromatic nitrogens is 2. The molecule has 19 heavy (non-hydrogen) atoms. The molecule has 0 radical (unpaired) electrons. The standard InChI is InChI=1S/C12H20N4O3/c1-5-16(8(2)3)12(19)14-10(11(17)18)9-6-13-15(4)7-9/h6-8,10H,5H2,1-4H3,(H,14,19)(H,17,18). The number of carboxylic acid groups (broad SMARTS) is 1. The fourth-order valence-corrected chi connectivity index (χ4v) is 1.83. The van der Waals surface area contributed by atoms with Gasteiger partial charge in [-0.1, -0.05) is 0 Å². The van der Waals surface area contributed by atoms with Gasteiger partial charge >= 0.3 is 12.0 Å². The first-order valence-corrected chi connectivity index (χ1v) is 6.15. The van der Waals surface area contributed by atoms with Crippen molar-refractivity contribution in [3.8, 4) is 0 Å². The summed E-state index contributed by atoms with van der Waals surface area (Å²) in [6.45, 7) is 6.12. The van der Waals surface area contributed by atoms with Crippen LogP contribution < -0.4 is 5.32 Å². The first-order chi connectivity index (χ1) is 8.86. The van der Waals surface area contributed by atoms with Crippen molar-refractivity contribution in [2.45, 2.75) is 32.9 Å². The highest BCUT2D eigenvalue weighted by Crippen LogP contribution is 2.13. The van der Waals surface area contributed by atoms with Crippen LogP contribution in [0.25, 0.3) is 0 Å². The van der Waals surface area contributed by atoms with Crippen molar-refractivity contribution in [1.29, 1.82) is 0 Å². The second-order valence-electron chi connectivity index (χ2n) is 4.55. The summed E-state index contributed by atoms with van der Waals surface area (Å²) >= 11 is 0. The van der Waals surface area contributed by atoms with Crippen LogP contribution in [0, 0.1) is 0 Å². The molecule has 0 fully saturated rings. The van der Waals surface area contributed by atoms with E-state index in [2.05, 4.69) is 10.4 Å². The van der Waals surface area contributed by atoms with Gasteiger partial charge in [-0.3, -0.25) is 4.68 Å². The van der Waals surface area contributed by atoms with Gasteiger partial charge in [0.2, 0.25) is 0 Å². The monoisotopic (exact) mass is 268 g/mol. The number of nitrogens with zero attached hydrogens (tertiary/aromatic N) is 3. The van der Waals surface area contributed by atoms with E-state index in [9.17, 15) is 14.7 Å². The minimum Gasteiger partial charge on any atom is -0.479 e. The van der Waals surface area contributed by atoms with Crippen molar-refractivity contribution >= 4 is 12.0 Å². The summed E-state index contributed by atoms with van der Waals surface area (Å²) in [5.41, 5.74) is 0.447. The minimum atomic E-state index is -1.11. The molecule has 1 rings (SSSR count). The summed E-state index contributed by atoms with van der Waals surface area (Å²) in [7, 11) is 1.69. The molecular formula is C12H20N4O3. The average Bonchev–Trinajstić information content (AvgIpc) is 2.72. The molecule has 0 aliphatic rings. The Bertz CT molecular complexity index is 456. The van der Waals surface area contributed by atoms with Crippen LogP contribution in [0.5, 0.6) is 0 Å². The Morgan fingerprint density at radius 3 is 2.53 bits per heavy atom. The van der Waals surface area contributed by atoms with Crippen LogP contribution in [0.4, 0.5) is 4.79 Å². The highest BCUT2D eigenvalue weighted by atomic mass is 16.4. The average molecular weight is 268 g/mol. The molecule has 0 saturated heterocycles. The maximum atomic E-state index is 12.0. The molecule has 106 valence electrons. The predicted molar refractivity (Wildman–Crippen MR) is 69.6 cm³/mol. The third kappa shape index (κ3) is 3.70. The van der Waals surface area contributed by atoms with Gasteiger partial charge in [0.25, 0.3) is 0 Å². The molecule has 1 heterocycles. The van der Waals surface area contributed by atoms with E-state index in [1.165, 1.54) is 10.9 Å². The van der Waals surface area contributed by atoms with Gasteiger partial charge in [0.1, 0.15) is 0 Å². The molecule has 0 saturated carbocycles. The number of rotatable bonds is 5. The molecule has 1 unspecified atom stereocenters. The fraction of sp³-hybridized carbons (Fsp3) is 0.583. The number of urea groups is 1. The Balaban J connectivity index is 2.85. The van der Waals surface area contributed by atoms with Gasteiger partial charge in [-0.25, -0.2) is 9.59 Å². The van der Waals surface area contributed by atoms with Gasteiger partial charge in [0, 0.05) is 31.4 Å². The van der Waals surface area contributed by atoms with E-state index >= 15 is 0 Å². The van der Waals surface area contributed by atoms with Crippen molar-refractivity contribution in [3.63, 3.8) is 0 Å². The molecule has 2 amide bonds. The summed E-state index contributed by atoms with van der Waals surface area (Å²) in [6.07, 6.45) is 3.01. The molecular weight excluding hydrogens is 248 g/mol. The number of nitrogens with one attached hydrogen (secondary N) is 1. The number of hydrogen-bond donors (Lipinski definition) is 2. The SMILES string of the molecule is CCN(C(=O)NC(C(=O)O)c1cnn(C)c1)C(C)C. The zero-order chi connectivity index (χ0) is 14.6. The lowest BCUT2D eigenvalue weighted by Crippen LogP contribution is -2.46. The highest BCUT2D eigenvalue weighted by molar-refractivity contribution is 5.83. The smallest absolute Gasteiger partial charge is 0.331 e. The highest BCUT2D eigenvalue weighted by Gasteiger charge is 2.26. The second kappa shape index (κ2) is 6.21. The molecule has 0 aromatic carbocycles. The van der Waals surface area contributed by atoms with Gasteiger partial charge in [0.15, 0.2) is 6.04 Å². The lowest BCUT2D eigenvalue weighted by Gasteiger charge is -2.27. The molecule has 0 spiro atoms. The fourth-order valence-electron chi connectivity index (χ4n) is 1.83. The summed E-state index contributed by atoms with van der Waals surface area (Å²) in [4.78, 5) is 24.9. The first-order valence-electron chi connectivity index (χ1n) is 6.15. The molecule has 0 aliphatic heterocycles. The van der Waals surface area contributed by atoms with Crippen molar-refractivity contribution in [2.24, 2.45) is 7.05 Å². The van der Waals surface area contributed by atoms with Crippen LogP contribution in [-0.4, -0.2) is 44.4 Å². The topological polar surface area (TPSA) is 87.5 Å². The Labute approximate surface area is 112 Å². The van der Waals surface area contributed by atoms with E-state index in [0.29, 0.717) is 12.1 Å². The van der Waals surface area contributed by atoms with Crippen LogP contribution in [-0.2, 0) is 11.8 Å². The molecule has 1 aromatic heterocycles. The van der Waals surface area contributed by atoms with Crippen molar-refractivity contribution in [1.82, 2.24) is 20.0 Å². The number of aryl methyl sites for hydroxylation is 1. The van der Waals surface area contributed by atoms with E-state index in [4.69, 9.17) is 0 Å². The lowest BCUT2D eigenvalue weighted by atomic mass is 10.1. The first kappa shape index (κ1) is 15.0. The zero-order valence-corrected chi connectivity index (χ0v) is 11.6. The van der Waals surface area contributed by atoms with Crippen LogP contribution in [0.15, 0.2) is 12.4 Å². The molecule has 2 N–H and O–H groups in total. The van der Waals surface area contributed by atoms with E-state index in [0.717, 1.165) is 0 Å². The van der Waals surface area contributed by atoms with Crippen LogP contribution in [0.1, 0.15) is 32.4 Å². The Morgan fingerprint density at radius 1 is 1.53 bits per heavy atom. The van der Waals surface area contributed by atoms with Crippen molar-refractivity contribution in [3.05, 3.63) is 18.0 Å². The Hall–Kier alpha value is -2.05. The Morgan fingerprint density at radius 2 is 2.16 bits per heavy atom. The summed E-state index contributed by atoms with van der Waals surface area (Å²) in [6, 6.07) is -1.48. The number of carbonyl (C=O) groups is 2. The van der Waals surface area contributed by atoms with Crippen LogP contribution in [0.3, 0.4) is 0 Å². The van der Waals surface area contributed by atoms with Crippen LogP contribution >= 0.6 is 0 Å². The normalized spacial score (nSPS) is 12.3. The maximum absolute atomic E-state index is 12.0. The number of hydrogen-bond acceptors (Lipinski definition) is 3. The van der Waals surface area contributed by atoms with E-state index in [1.807, 2.05) is 20.8 Å². The van der Waals surface area contributed by atoms with Gasteiger partial charge in [-0.15, -0.1) is 0 Å². The Kier molecular flexibility index (Phi) is 4.91. The zero-order valence-electron chi connectivity index (χ0n) is 11.6. The number of amides is 2. The van der Waals surface area contributed by atoms with Gasteiger partial charge < -0.3 is 15.3 Å². The van der Waals surface area contributed by atoms with Crippen molar-refractivity contribution < 1.29 is 14.7 Å². The molecule has 1 atom stereocenters. The van der Waals surface area contributed by atoms with E-state index in [-0.39, 0.29) is 6.04 Å². The van der Waals surface area contributed by atoms with Crippen molar-refractivity contribution in [2.75, 3.05) is 6.54 Å². The molecule has 1 aromatic rings. The van der Waals surface area contributed by atoms with E-state index in [1.54, 1.807) is 18.1 Å². The number of aliphatic carboxylic acids is 1. The van der Waals surface area contributed by atoms with E-state index < -0.39 is 18.0 Å². The van der Waals surface area contributed by atoms with Gasteiger partial charge in [-0.2, -0.15) is 5.10 Å². The quantitative estimate of drug-likeness (QED) is 0.833. The lowest BCUT2D eigenvalue weighted by molar-refractivity contribution is -0.139. The van der Waals surface area contributed by atoms with Gasteiger partial charge in [-0.05, 0) is 20.8 Å². The minimum absolute atomic E-state index is 0.00773. The summed E-state index contributed by atoms with van der Waals surface area (Å²) in [5, 5.41) is 15.6. The largest absolute Gasteiger partial charge is 0.479 e. The van der Waals surface area contributed by atoms with Gasteiger partial charge in [0.05, 0.1) is 6.20 Å². The third-order valence-electron chi connectivity index (χ3n) is 2.80. The number of carbonyl (C=O) groups excluding carboxylic acids is 1. The molecule has 0 bridgehead atoms. The predicted octanol–water partition coefficient (Wildman–Crippen LogP) is 0.986. The molecule has 7 heteroatoms. The molecule has 7 nitrogen and oxygen atoms in total.